The molecule has 1 aliphatic carbocycles. The zero-order chi connectivity index (χ0) is 9.31. The summed E-state index contributed by atoms with van der Waals surface area (Å²) in [5.74, 6) is 0.446. The smallest absolute Gasteiger partial charge is 0.144 e. The van der Waals surface area contributed by atoms with E-state index in [1.807, 2.05) is 0 Å². The van der Waals surface area contributed by atoms with E-state index in [0.717, 1.165) is 25.7 Å². The number of rotatable bonds is 3. The highest BCUT2D eigenvalue weighted by atomic mass is 16.5. The molecule has 1 heterocycles. The van der Waals surface area contributed by atoms with E-state index in [0.29, 0.717) is 19.0 Å². The van der Waals surface area contributed by atoms with Gasteiger partial charge in [-0.05, 0) is 25.7 Å². The minimum atomic E-state index is -0.331. The van der Waals surface area contributed by atoms with Gasteiger partial charge in [0.1, 0.15) is 5.78 Å². The van der Waals surface area contributed by atoms with Crippen molar-refractivity contribution in [2.45, 2.75) is 25.7 Å². The molecule has 0 aromatic carbocycles. The Bertz CT molecular complexity index is 202. The Morgan fingerprint density at radius 3 is 2.46 bits per heavy atom. The molecule has 0 spiro atoms. The normalized spacial score (nSPS) is 27.2. The first kappa shape index (κ1) is 9.16. The number of hydrogen-bond donors (Lipinski definition) is 1. The summed E-state index contributed by atoms with van der Waals surface area (Å²) < 4.78 is 5.20. The highest BCUT2D eigenvalue weighted by Gasteiger charge is 2.51. The Hall–Kier alpha value is -0.410. The van der Waals surface area contributed by atoms with Gasteiger partial charge in [0, 0.05) is 19.1 Å². The molecular formula is C10H16O3. The van der Waals surface area contributed by atoms with Crippen molar-refractivity contribution in [3.63, 3.8) is 0 Å². The standard InChI is InChI=1S/C10H16O3/c11-7-10(3-4-10)9(12)8-1-5-13-6-2-8/h8,11H,1-7H2. The molecule has 0 radical (unpaired) electrons. The number of ketones is 1. The summed E-state index contributed by atoms with van der Waals surface area (Å²) in [4.78, 5) is 11.9. The Morgan fingerprint density at radius 2 is 2.00 bits per heavy atom. The van der Waals surface area contributed by atoms with Gasteiger partial charge in [0.15, 0.2) is 0 Å². The summed E-state index contributed by atoms with van der Waals surface area (Å²) in [6.45, 7) is 1.46. The molecule has 1 N–H and O–H groups in total. The minimum Gasteiger partial charge on any atom is -0.395 e. The van der Waals surface area contributed by atoms with Crippen LogP contribution in [-0.2, 0) is 9.53 Å². The lowest BCUT2D eigenvalue weighted by molar-refractivity contribution is -0.132. The maximum atomic E-state index is 11.9. The molecule has 0 bridgehead atoms. The van der Waals surface area contributed by atoms with Crippen LogP contribution in [0.15, 0.2) is 0 Å². The van der Waals surface area contributed by atoms with Gasteiger partial charge in [-0.25, -0.2) is 0 Å². The minimum absolute atomic E-state index is 0.0448. The largest absolute Gasteiger partial charge is 0.395 e. The Labute approximate surface area is 78.1 Å². The summed E-state index contributed by atoms with van der Waals surface area (Å²) >= 11 is 0. The number of carbonyl (C=O) groups is 1. The first-order chi connectivity index (χ1) is 6.28. The fourth-order valence-electron chi connectivity index (χ4n) is 2.03. The van der Waals surface area contributed by atoms with Gasteiger partial charge in [0.2, 0.25) is 0 Å². The molecule has 1 saturated heterocycles. The fourth-order valence-corrected chi connectivity index (χ4v) is 2.03. The van der Waals surface area contributed by atoms with E-state index in [1.165, 1.54) is 0 Å². The number of aliphatic hydroxyl groups excluding tert-OH is 1. The van der Waals surface area contributed by atoms with Crippen LogP contribution in [0.3, 0.4) is 0 Å². The van der Waals surface area contributed by atoms with Crippen LogP contribution in [0.5, 0.6) is 0 Å². The van der Waals surface area contributed by atoms with Gasteiger partial charge in [-0.3, -0.25) is 4.79 Å². The molecule has 2 rings (SSSR count). The first-order valence-corrected chi connectivity index (χ1v) is 5.01. The van der Waals surface area contributed by atoms with E-state index in [9.17, 15) is 4.79 Å². The second kappa shape index (κ2) is 3.39. The molecule has 0 aromatic heterocycles. The molecule has 0 amide bonds. The molecular weight excluding hydrogens is 168 g/mol. The Morgan fingerprint density at radius 1 is 1.38 bits per heavy atom. The number of hydrogen-bond acceptors (Lipinski definition) is 3. The van der Waals surface area contributed by atoms with Gasteiger partial charge in [-0.2, -0.15) is 0 Å². The van der Waals surface area contributed by atoms with Gasteiger partial charge in [-0.1, -0.05) is 0 Å². The average molecular weight is 184 g/mol. The van der Waals surface area contributed by atoms with Crippen LogP contribution in [0.25, 0.3) is 0 Å². The second-order valence-corrected chi connectivity index (χ2v) is 4.19. The second-order valence-electron chi connectivity index (χ2n) is 4.19. The third-order valence-electron chi connectivity index (χ3n) is 3.27. The van der Waals surface area contributed by atoms with E-state index in [2.05, 4.69) is 0 Å². The molecule has 13 heavy (non-hydrogen) atoms. The van der Waals surface area contributed by atoms with Gasteiger partial charge < -0.3 is 9.84 Å². The molecule has 1 saturated carbocycles. The van der Waals surface area contributed by atoms with Crippen molar-refractivity contribution in [3.05, 3.63) is 0 Å². The average Bonchev–Trinajstić information content (AvgIpc) is 2.99. The summed E-state index contributed by atoms with van der Waals surface area (Å²) in [6.07, 6.45) is 3.47. The van der Waals surface area contributed by atoms with Crippen molar-refractivity contribution in [1.82, 2.24) is 0 Å². The molecule has 1 aliphatic heterocycles. The number of carbonyl (C=O) groups excluding carboxylic acids is 1. The van der Waals surface area contributed by atoms with Crippen LogP contribution in [0, 0.1) is 11.3 Å². The summed E-state index contributed by atoms with van der Waals surface area (Å²) in [5, 5.41) is 9.11. The molecule has 3 heteroatoms. The Kier molecular flexibility index (Phi) is 2.39. The van der Waals surface area contributed by atoms with Crippen molar-refractivity contribution < 1.29 is 14.6 Å². The van der Waals surface area contributed by atoms with E-state index >= 15 is 0 Å². The molecule has 0 unspecified atom stereocenters. The predicted molar refractivity (Wildman–Crippen MR) is 47.3 cm³/mol. The molecule has 2 fully saturated rings. The lowest BCUT2D eigenvalue weighted by Gasteiger charge is -2.24. The maximum Gasteiger partial charge on any atom is 0.144 e. The van der Waals surface area contributed by atoms with E-state index in [4.69, 9.17) is 9.84 Å². The van der Waals surface area contributed by atoms with Crippen LogP contribution >= 0.6 is 0 Å². The van der Waals surface area contributed by atoms with Crippen LogP contribution < -0.4 is 0 Å². The summed E-state index contributed by atoms with van der Waals surface area (Å²) in [6, 6.07) is 0. The van der Waals surface area contributed by atoms with E-state index in [1.54, 1.807) is 0 Å². The molecule has 0 atom stereocenters. The highest BCUT2D eigenvalue weighted by molar-refractivity contribution is 5.89. The maximum absolute atomic E-state index is 11.9. The van der Waals surface area contributed by atoms with Crippen molar-refractivity contribution >= 4 is 5.78 Å². The number of Topliss-reactive ketones (excluding diaryl/α,β-unsaturated/α-hetero) is 1. The van der Waals surface area contributed by atoms with Crippen LogP contribution in [0.4, 0.5) is 0 Å². The first-order valence-electron chi connectivity index (χ1n) is 5.01. The molecule has 74 valence electrons. The van der Waals surface area contributed by atoms with Gasteiger partial charge in [-0.15, -0.1) is 0 Å². The number of ether oxygens (including phenoxy) is 1. The number of aliphatic hydroxyl groups is 1. The summed E-state index contributed by atoms with van der Waals surface area (Å²) in [7, 11) is 0. The zero-order valence-corrected chi connectivity index (χ0v) is 7.79. The summed E-state index contributed by atoms with van der Waals surface area (Å²) in [5.41, 5.74) is -0.331. The molecule has 0 aromatic rings. The van der Waals surface area contributed by atoms with Gasteiger partial charge in [0.25, 0.3) is 0 Å². The van der Waals surface area contributed by atoms with Crippen molar-refractivity contribution in [1.29, 1.82) is 0 Å². The quantitative estimate of drug-likeness (QED) is 0.704. The van der Waals surface area contributed by atoms with Crippen LogP contribution in [-0.4, -0.2) is 30.7 Å². The van der Waals surface area contributed by atoms with Gasteiger partial charge >= 0.3 is 0 Å². The molecule has 3 nitrogen and oxygen atoms in total. The van der Waals surface area contributed by atoms with E-state index < -0.39 is 0 Å². The van der Waals surface area contributed by atoms with Crippen molar-refractivity contribution in [3.8, 4) is 0 Å². The lowest BCUT2D eigenvalue weighted by atomic mass is 9.86. The predicted octanol–water partition coefficient (Wildman–Crippen LogP) is 0.755. The third kappa shape index (κ3) is 1.63. The van der Waals surface area contributed by atoms with Crippen molar-refractivity contribution in [2.24, 2.45) is 11.3 Å². The van der Waals surface area contributed by atoms with Crippen LogP contribution in [0.2, 0.25) is 0 Å². The Balaban J connectivity index is 1.95. The monoisotopic (exact) mass is 184 g/mol. The van der Waals surface area contributed by atoms with Crippen LogP contribution in [0.1, 0.15) is 25.7 Å². The van der Waals surface area contributed by atoms with Crippen molar-refractivity contribution in [2.75, 3.05) is 19.8 Å². The van der Waals surface area contributed by atoms with E-state index in [-0.39, 0.29) is 17.9 Å². The fraction of sp³-hybridized carbons (Fsp3) is 0.900. The lowest BCUT2D eigenvalue weighted by Crippen LogP contribution is -2.31. The SMILES string of the molecule is O=C(C1CCOCC1)C1(CO)CC1. The topological polar surface area (TPSA) is 46.5 Å². The molecule has 2 aliphatic rings. The van der Waals surface area contributed by atoms with Gasteiger partial charge in [0.05, 0.1) is 12.0 Å². The zero-order valence-electron chi connectivity index (χ0n) is 7.79. The highest BCUT2D eigenvalue weighted by Crippen LogP contribution is 2.48. The third-order valence-corrected chi connectivity index (χ3v) is 3.27.